The second-order valence-corrected chi connectivity index (χ2v) is 4.77. The maximum absolute atomic E-state index is 11.3. The first-order chi connectivity index (χ1) is 5.93. The molecular weight excluding hydrogens is 190 g/mol. The fraction of sp³-hybridized carbons (Fsp3) is 0.125. The number of nitrogens with one attached hydrogen (secondary N) is 1. The molecule has 2 N–H and O–H groups in total. The molecule has 13 heavy (non-hydrogen) atoms. The summed E-state index contributed by atoms with van der Waals surface area (Å²) in [4.78, 5) is 10.7. The van der Waals surface area contributed by atoms with Crippen molar-refractivity contribution in [3.63, 3.8) is 0 Å². The lowest BCUT2D eigenvalue weighted by Gasteiger charge is -2.04. The number of rotatable bonds is 2. The smallest absolute Gasteiger partial charge is 0.336 e. The van der Waals surface area contributed by atoms with E-state index in [1.165, 1.54) is 24.5 Å². The Bertz CT molecular complexity index is 436. The molecule has 4 nitrogen and oxygen atoms in total. The van der Waals surface area contributed by atoms with Gasteiger partial charge in [-0.25, -0.2) is 13.8 Å². The number of aromatic carboxylic acids is 1. The summed E-state index contributed by atoms with van der Waals surface area (Å²) in [5, 5.41) is 8.72. The predicted octanol–water partition coefficient (Wildman–Crippen LogP) is 1.42. The van der Waals surface area contributed by atoms with E-state index in [4.69, 9.17) is 9.89 Å². The van der Waals surface area contributed by atoms with Gasteiger partial charge in [0, 0.05) is 6.26 Å². The summed E-state index contributed by atoms with van der Waals surface area (Å²) in [6.07, 6.45) is 1.20. The van der Waals surface area contributed by atoms with Gasteiger partial charge in [-0.2, -0.15) is 0 Å². The number of hydrogen-bond donors (Lipinski definition) is 2. The van der Waals surface area contributed by atoms with Crippen molar-refractivity contribution < 1.29 is 14.1 Å². The molecular formula is C8H9NO3S. The van der Waals surface area contributed by atoms with Crippen molar-refractivity contribution >= 4 is 15.7 Å². The molecule has 1 atom stereocenters. The van der Waals surface area contributed by atoms with Gasteiger partial charge in [-0.05, 0) is 12.1 Å². The van der Waals surface area contributed by atoms with E-state index in [-0.39, 0.29) is 10.5 Å². The molecule has 0 aliphatic heterocycles. The molecule has 0 fully saturated rings. The SMILES string of the molecule is CS(=N)(=O)c1ccccc1C(=O)O. The van der Waals surface area contributed by atoms with Crippen LogP contribution in [0.2, 0.25) is 0 Å². The van der Waals surface area contributed by atoms with Crippen molar-refractivity contribution in [2.24, 2.45) is 0 Å². The molecule has 1 rings (SSSR count). The van der Waals surface area contributed by atoms with Gasteiger partial charge < -0.3 is 5.11 Å². The summed E-state index contributed by atoms with van der Waals surface area (Å²) < 4.78 is 18.6. The summed E-state index contributed by atoms with van der Waals surface area (Å²) in [5.41, 5.74) is -0.0648. The van der Waals surface area contributed by atoms with E-state index in [0.29, 0.717) is 0 Å². The summed E-state index contributed by atoms with van der Waals surface area (Å²) >= 11 is 0. The summed E-state index contributed by atoms with van der Waals surface area (Å²) in [5.74, 6) is -1.16. The number of carbonyl (C=O) groups is 1. The Balaban J connectivity index is 3.46. The lowest BCUT2D eigenvalue weighted by molar-refractivity contribution is 0.0693. The van der Waals surface area contributed by atoms with Gasteiger partial charge in [0.15, 0.2) is 0 Å². The first kappa shape index (κ1) is 9.73. The molecule has 0 aliphatic carbocycles. The molecule has 0 radical (unpaired) electrons. The molecule has 5 heteroatoms. The Morgan fingerprint density at radius 2 is 2.00 bits per heavy atom. The molecule has 0 aromatic heterocycles. The molecule has 0 saturated carbocycles. The van der Waals surface area contributed by atoms with E-state index in [1.54, 1.807) is 6.07 Å². The second-order valence-electron chi connectivity index (χ2n) is 2.64. The highest BCUT2D eigenvalue weighted by molar-refractivity contribution is 7.91. The maximum atomic E-state index is 11.3. The van der Waals surface area contributed by atoms with Crippen LogP contribution in [-0.4, -0.2) is 21.5 Å². The topological polar surface area (TPSA) is 78.2 Å². The van der Waals surface area contributed by atoms with Gasteiger partial charge in [0.2, 0.25) is 0 Å². The Kier molecular flexibility index (Phi) is 2.38. The third-order valence-corrected chi connectivity index (χ3v) is 2.73. The Morgan fingerprint density at radius 1 is 1.46 bits per heavy atom. The predicted molar refractivity (Wildman–Crippen MR) is 48.5 cm³/mol. The van der Waals surface area contributed by atoms with E-state index in [2.05, 4.69) is 0 Å². The van der Waals surface area contributed by atoms with Gasteiger partial charge in [0.05, 0.1) is 20.2 Å². The first-order valence-electron chi connectivity index (χ1n) is 3.49. The minimum absolute atomic E-state index is 0.0648. The van der Waals surface area contributed by atoms with Crippen LogP contribution in [0, 0.1) is 4.78 Å². The highest BCUT2D eigenvalue weighted by Gasteiger charge is 2.14. The van der Waals surface area contributed by atoms with Gasteiger partial charge in [-0.3, -0.25) is 0 Å². The number of carboxylic acids is 1. The van der Waals surface area contributed by atoms with Crippen LogP contribution in [0.4, 0.5) is 0 Å². The summed E-state index contributed by atoms with van der Waals surface area (Å²) in [6, 6.07) is 5.85. The van der Waals surface area contributed by atoms with Gasteiger partial charge >= 0.3 is 5.97 Å². The van der Waals surface area contributed by atoms with Crippen molar-refractivity contribution in [3.05, 3.63) is 29.8 Å². The monoisotopic (exact) mass is 199 g/mol. The standard InChI is InChI=1S/C8H9NO3S/c1-13(9,12)7-5-3-2-4-6(7)8(10)11/h2-5,9H,1H3,(H,10,11). The minimum Gasteiger partial charge on any atom is -0.478 e. The van der Waals surface area contributed by atoms with Crippen LogP contribution < -0.4 is 0 Å². The van der Waals surface area contributed by atoms with Gasteiger partial charge in [0.25, 0.3) is 0 Å². The third kappa shape index (κ3) is 2.06. The zero-order valence-electron chi connectivity index (χ0n) is 6.98. The number of benzene rings is 1. The molecule has 0 heterocycles. The van der Waals surface area contributed by atoms with Crippen LogP contribution >= 0.6 is 0 Å². The Hall–Kier alpha value is -1.36. The van der Waals surface area contributed by atoms with Crippen LogP contribution in [0.5, 0.6) is 0 Å². The lowest BCUT2D eigenvalue weighted by atomic mass is 10.2. The van der Waals surface area contributed by atoms with Gasteiger partial charge in [-0.15, -0.1) is 0 Å². The fourth-order valence-corrected chi connectivity index (χ4v) is 1.90. The average molecular weight is 199 g/mol. The highest BCUT2D eigenvalue weighted by Crippen LogP contribution is 2.15. The normalized spacial score (nSPS) is 14.8. The van der Waals surface area contributed by atoms with Crippen LogP contribution in [0.1, 0.15) is 10.4 Å². The third-order valence-electron chi connectivity index (χ3n) is 1.54. The largest absolute Gasteiger partial charge is 0.478 e. The quantitative estimate of drug-likeness (QED) is 0.756. The van der Waals surface area contributed by atoms with E-state index < -0.39 is 15.7 Å². The van der Waals surface area contributed by atoms with Gasteiger partial charge in [0.1, 0.15) is 0 Å². The van der Waals surface area contributed by atoms with E-state index in [9.17, 15) is 9.00 Å². The van der Waals surface area contributed by atoms with Gasteiger partial charge in [-0.1, -0.05) is 12.1 Å². The maximum Gasteiger partial charge on any atom is 0.336 e. The first-order valence-corrected chi connectivity index (χ1v) is 5.45. The van der Waals surface area contributed by atoms with E-state index >= 15 is 0 Å². The molecule has 1 aromatic carbocycles. The molecule has 0 aliphatic rings. The van der Waals surface area contributed by atoms with Crippen LogP contribution in [0.3, 0.4) is 0 Å². The zero-order chi connectivity index (χ0) is 10.1. The van der Waals surface area contributed by atoms with E-state index in [0.717, 1.165) is 0 Å². The Labute approximate surface area is 76.2 Å². The van der Waals surface area contributed by atoms with Crippen molar-refractivity contribution in [1.82, 2.24) is 0 Å². The van der Waals surface area contributed by atoms with Crippen LogP contribution in [-0.2, 0) is 9.73 Å². The average Bonchev–Trinajstić information content (AvgIpc) is 2.03. The van der Waals surface area contributed by atoms with Crippen molar-refractivity contribution in [1.29, 1.82) is 4.78 Å². The highest BCUT2D eigenvalue weighted by atomic mass is 32.2. The summed E-state index contributed by atoms with van der Waals surface area (Å²) in [6.45, 7) is 0. The number of carboxylic acid groups (broad SMARTS) is 1. The summed E-state index contributed by atoms with van der Waals surface area (Å²) in [7, 11) is -2.96. The molecule has 70 valence electrons. The minimum atomic E-state index is -2.96. The fourth-order valence-electron chi connectivity index (χ4n) is 0.983. The van der Waals surface area contributed by atoms with E-state index in [1.807, 2.05) is 0 Å². The molecule has 0 bridgehead atoms. The van der Waals surface area contributed by atoms with Crippen molar-refractivity contribution in [3.8, 4) is 0 Å². The zero-order valence-corrected chi connectivity index (χ0v) is 7.80. The lowest BCUT2D eigenvalue weighted by Crippen LogP contribution is -2.05. The molecule has 1 unspecified atom stereocenters. The van der Waals surface area contributed by atoms with Crippen LogP contribution in [0.15, 0.2) is 29.2 Å². The molecule has 0 amide bonds. The molecule has 0 spiro atoms. The Morgan fingerprint density at radius 3 is 2.38 bits per heavy atom. The van der Waals surface area contributed by atoms with Crippen molar-refractivity contribution in [2.45, 2.75) is 4.90 Å². The van der Waals surface area contributed by atoms with Crippen LogP contribution in [0.25, 0.3) is 0 Å². The molecule has 1 aromatic rings. The second kappa shape index (κ2) is 3.18. The molecule has 0 saturated heterocycles. The number of hydrogen-bond acceptors (Lipinski definition) is 3. The van der Waals surface area contributed by atoms with Crippen molar-refractivity contribution in [2.75, 3.05) is 6.26 Å².